The first-order valence-electron chi connectivity index (χ1n) is 11.0. The molecule has 0 unspecified atom stereocenters. The second kappa shape index (κ2) is 12.1. The number of pyridine rings is 1. The lowest BCUT2D eigenvalue weighted by molar-refractivity contribution is -0.132. The van der Waals surface area contributed by atoms with Crippen LogP contribution in [0.1, 0.15) is 24.0 Å². The number of aryl methyl sites for hydroxylation is 1. The van der Waals surface area contributed by atoms with Crippen molar-refractivity contribution >= 4 is 15.9 Å². The number of hydrogen-bond donors (Lipinski definition) is 1. The molecule has 0 spiro atoms. The average Bonchev–Trinajstić information content (AvgIpc) is 2.83. The molecule has 2 heterocycles. The lowest BCUT2D eigenvalue weighted by Gasteiger charge is -2.28. The van der Waals surface area contributed by atoms with Crippen LogP contribution in [0, 0.1) is 0 Å². The van der Waals surface area contributed by atoms with Crippen molar-refractivity contribution in [1.29, 1.82) is 0 Å². The van der Waals surface area contributed by atoms with Gasteiger partial charge in [0.05, 0.1) is 18.1 Å². The molecular formula is C23H32N4O4S. The quantitative estimate of drug-likeness (QED) is 0.549. The summed E-state index contributed by atoms with van der Waals surface area (Å²) in [4.78, 5) is 21.6. The van der Waals surface area contributed by atoms with Gasteiger partial charge in [-0.05, 0) is 55.3 Å². The molecule has 0 bridgehead atoms. The minimum absolute atomic E-state index is 0.0933. The molecule has 0 atom stereocenters. The van der Waals surface area contributed by atoms with Gasteiger partial charge in [0.25, 0.3) is 0 Å². The molecule has 0 radical (unpaired) electrons. The van der Waals surface area contributed by atoms with Gasteiger partial charge in [-0.3, -0.25) is 14.7 Å². The molecule has 0 saturated carbocycles. The largest absolute Gasteiger partial charge is 0.379 e. The van der Waals surface area contributed by atoms with E-state index in [-0.39, 0.29) is 10.8 Å². The molecule has 1 aromatic carbocycles. The molecule has 1 saturated heterocycles. The number of ether oxygens (including phenoxy) is 1. The average molecular weight is 461 g/mol. The third kappa shape index (κ3) is 7.37. The van der Waals surface area contributed by atoms with E-state index in [2.05, 4.69) is 14.6 Å². The maximum absolute atomic E-state index is 13.0. The standard InChI is InChI=1S/C23H32N4O4S/c1-24-32(29,30)22-6-3-20(4-7-22)5-8-23(28)27(19-21-9-11-25-12-10-21)14-2-13-26-15-17-31-18-16-26/h3-4,6-7,9-12,24H,2,5,8,13-19H2,1H3. The number of aromatic nitrogens is 1. The monoisotopic (exact) mass is 460 g/mol. The molecule has 1 fully saturated rings. The number of amides is 1. The van der Waals surface area contributed by atoms with Crippen molar-refractivity contribution in [3.05, 3.63) is 59.9 Å². The summed E-state index contributed by atoms with van der Waals surface area (Å²) in [6.45, 7) is 5.63. The van der Waals surface area contributed by atoms with Gasteiger partial charge in [0.15, 0.2) is 0 Å². The van der Waals surface area contributed by atoms with Gasteiger partial charge in [-0.2, -0.15) is 0 Å². The van der Waals surface area contributed by atoms with Crippen LogP contribution in [-0.2, 0) is 32.5 Å². The van der Waals surface area contributed by atoms with Gasteiger partial charge in [0.2, 0.25) is 15.9 Å². The van der Waals surface area contributed by atoms with Crippen LogP contribution < -0.4 is 4.72 Å². The molecule has 174 valence electrons. The molecule has 1 aliphatic heterocycles. The number of rotatable bonds is 11. The van der Waals surface area contributed by atoms with E-state index in [4.69, 9.17) is 4.74 Å². The molecule has 0 aliphatic carbocycles. The number of sulfonamides is 1. The highest BCUT2D eigenvalue weighted by molar-refractivity contribution is 7.89. The number of hydrogen-bond acceptors (Lipinski definition) is 6. The van der Waals surface area contributed by atoms with Gasteiger partial charge < -0.3 is 9.64 Å². The van der Waals surface area contributed by atoms with Gasteiger partial charge >= 0.3 is 0 Å². The summed E-state index contributed by atoms with van der Waals surface area (Å²) < 4.78 is 31.4. The summed E-state index contributed by atoms with van der Waals surface area (Å²) in [6.07, 6.45) is 5.34. The molecular weight excluding hydrogens is 428 g/mol. The van der Waals surface area contributed by atoms with E-state index in [1.165, 1.54) is 7.05 Å². The van der Waals surface area contributed by atoms with Crippen molar-refractivity contribution in [2.24, 2.45) is 0 Å². The SMILES string of the molecule is CNS(=O)(=O)c1ccc(CCC(=O)N(CCCN2CCOCC2)Cc2ccncc2)cc1. The van der Waals surface area contributed by atoms with Crippen LogP contribution in [0.2, 0.25) is 0 Å². The Morgan fingerprint density at radius 3 is 2.44 bits per heavy atom. The van der Waals surface area contributed by atoms with Crippen molar-refractivity contribution < 1.29 is 17.9 Å². The number of carbonyl (C=O) groups is 1. The summed E-state index contributed by atoms with van der Waals surface area (Å²) in [5.41, 5.74) is 1.99. The predicted molar refractivity (Wildman–Crippen MR) is 123 cm³/mol. The molecule has 9 heteroatoms. The third-order valence-electron chi connectivity index (χ3n) is 5.61. The van der Waals surface area contributed by atoms with Crippen molar-refractivity contribution in [3.8, 4) is 0 Å². The van der Waals surface area contributed by atoms with E-state index in [1.807, 2.05) is 17.0 Å². The molecule has 1 aliphatic rings. The Balaban J connectivity index is 1.57. The van der Waals surface area contributed by atoms with E-state index in [0.717, 1.165) is 50.4 Å². The molecule has 1 amide bonds. The first kappa shape index (κ1) is 24.3. The van der Waals surface area contributed by atoms with Crippen LogP contribution in [-0.4, -0.2) is 75.5 Å². The molecule has 8 nitrogen and oxygen atoms in total. The van der Waals surface area contributed by atoms with Crippen LogP contribution in [0.25, 0.3) is 0 Å². The first-order valence-corrected chi connectivity index (χ1v) is 12.5. The van der Waals surface area contributed by atoms with E-state index in [1.54, 1.807) is 36.7 Å². The Kier molecular flexibility index (Phi) is 9.16. The lowest BCUT2D eigenvalue weighted by Crippen LogP contribution is -2.39. The smallest absolute Gasteiger partial charge is 0.240 e. The number of nitrogens with zero attached hydrogens (tertiary/aromatic N) is 3. The van der Waals surface area contributed by atoms with E-state index in [9.17, 15) is 13.2 Å². The summed E-state index contributed by atoms with van der Waals surface area (Å²) in [5, 5.41) is 0. The molecule has 1 aromatic heterocycles. The molecule has 32 heavy (non-hydrogen) atoms. The number of carbonyl (C=O) groups excluding carboxylic acids is 1. The molecule has 2 aromatic rings. The summed E-state index contributed by atoms with van der Waals surface area (Å²) in [7, 11) is -2.07. The zero-order valence-electron chi connectivity index (χ0n) is 18.6. The Bertz CT molecular complexity index is 946. The fourth-order valence-electron chi connectivity index (χ4n) is 3.67. The second-order valence-electron chi connectivity index (χ2n) is 7.83. The predicted octanol–water partition coefficient (Wildman–Crippen LogP) is 1.67. The minimum Gasteiger partial charge on any atom is -0.379 e. The van der Waals surface area contributed by atoms with Gasteiger partial charge in [0, 0.05) is 51.5 Å². The van der Waals surface area contributed by atoms with Gasteiger partial charge in [0.1, 0.15) is 0 Å². The Morgan fingerprint density at radius 1 is 1.09 bits per heavy atom. The van der Waals surface area contributed by atoms with Crippen LogP contribution in [0.3, 0.4) is 0 Å². The van der Waals surface area contributed by atoms with Crippen LogP contribution in [0.5, 0.6) is 0 Å². The fourth-order valence-corrected chi connectivity index (χ4v) is 4.40. The lowest BCUT2D eigenvalue weighted by atomic mass is 10.1. The maximum atomic E-state index is 13.0. The highest BCUT2D eigenvalue weighted by Gasteiger charge is 2.16. The first-order chi connectivity index (χ1) is 15.5. The van der Waals surface area contributed by atoms with Crippen molar-refractivity contribution in [2.75, 3.05) is 46.4 Å². The van der Waals surface area contributed by atoms with E-state index in [0.29, 0.717) is 25.9 Å². The minimum atomic E-state index is -3.46. The zero-order valence-corrected chi connectivity index (χ0v) is 19.4. The van der Waals surface area contributed by atoms with Crippen LogP contribution >= 0.6 is 0 Å². The zero-order chi connectivity index (χ0) is 22.8. The summed E-state index contributed by atoms with van der Waals surface area (Å²) in [6, 6.07) is 10.5. The van der Waals surface area contributed by atoms with Crippen molar-refractivity contribution in [1.82, 2.24) is 19.5 Å². The summed E-state index contributed by atoms with van der Waals surface area (Å²) >= 11 is 0. The third-order valence-corrected chi connectivity index (χ3v) is 7.04. The van der Waals surface area contributed by atoms with Crippen LogP contribution in [0.4, 0.5) is 0 Å². The Morgan fingerprint density at radius 2 is 1.78 bits per heavy atom. The normalized spacial score (nSPS) is 14.9. The second-order valence-corrected chi connectivity index (χ2v) is 9.72. The topological polar surface area (TPSA) is 91.8 Å². The van der Waals surface area contributed by atoms with E-state index < -0.39 is 10.0 Å². The van der Waals surface area contributed by atoms with Gasteiger partial charge in [-0.15, -0.1) is 0 Å². The highest BCUT2D eigenvalue weighted by Crippen LogP contribution is 2.13. The fraction of sp³-hybridized carbons (Fsp3) is 0.478. The van der Waals surface area contributed by atoms with Gasteiger partial charge in [-0.25, -0.2) is 13.1 Å². The molecule has 3 rings (SSSR count). The molecule has 1 N–H and O–H groups in total. The van der Waals surface area contributed by atoms with Crippen LogP contribution in [0.15, 0.2) is 53.7 Å². The highest BCUT2D eigenvalue weighted by atomic mass is 32.2. The summed E-state index contributed by atoms with van der Waals surface area (Å²) in [5.74, 6) is 0.0933. The Labute approximate surface area is 190 Å². The van der Waals surface area contributed by atoms with E-state index >= 15 is 0 Å². The number of morpholine rings is 1. The van der Waals surface area contributed by atoms with Gasteiger partial charge in [-0.1, -0.05) is 12.1 Å². The van der Waals surface area contributed by atoms with Crippen molar-refractivity contribution in [3.63, 3.8) is 0 Å². The number of nitrogens with one attached hydrogen (secondary N) is 1. The maximum Gasteiger partial charge on any atom is 0.240 e. The Hall–Kier alpha value is -2.33. The number of benzene rings is 1. The van der Waals surface area contributed by atoms with Crippen molar-refractivity contribution in [2.45, 2.75) is 30.7 Å².